The molecule has 0 saturated carbocycles. The van der Waals surface area contributed by atoms with Crippen molar-refractivity contribution >= 4 is 11.9 Å². The van der Waals surface area contributed by atoms with Crippen LogP contribution in [0.15, 0.2) is 0 Å². The first-order valence-corrected chi connectivity index (χ1v) is 6.32. The number of rotatable bonds is 3. The topological polar surface area (TPSA) is 75.9 Å². The highest BCUT2D eigenvalue weighted by atomic mass is 16.1. The number of tetrazole rings is 1. The van der Waals surface area contributed by atoms with Crippen LogP contribution in [0.1, 0.15) is 26.7 Å². The number of carbonyl (C=O) groups is 1. The van der Waals surface area contributed by atoms with Crippen LogP contribution in [0, 0.1) is 5.92 Å². The molecule has 1 aromatic rings. The van der Waals surface area contributed by atoms with Gasteiger partial charge in [0.15, 0.2) is 0 Å². The van der Waals surface area contributed by atoms with Gasteiger partial charge in [-0.05, 0) is 36.1 Å². The Hall–Kier alpha value is -1.66. The van der Waals surface area contributed by atoms with Gasteiger partial charge in [-0.15, -0.1) is 0 Å². The standard InChI is InChI=1S/C11H20N6O/c1-8(12-9(2)18)10-4-6-17(7-5-10)11-13-14-15-16(11)3/h8,10H,4-7H2,1-3H3,(H,12,18). The van der Waals surface area contributed by atoms with Crippen molar-refractivity contribution < 1.29 is 4.79 Å². The fraction of sp³-hybridized carbons (Fsp3) is 0.818. The van der Waals surface area contributed by atoms with Crippen LogP contribution < -0.4 is 10.2 Å². The lowest BCUT2D eigenvalue weighted by Crippen LogP contribution is -2.44. The second-order valence-electron chi connectivity index (χ2n) is 4.92. The molecule has 1 amide bonds. The van der Waals surface area contributed by atoms with Gasteiger partial charge in [-0.2, -0.15) is 0 Å². The molecule has 1 aliphatic rings. The summed E-state index contributed by atoms with van der Waals surface area (Å²) in [6, 6.07) is 0.238. The maximum absolute atomic E-state index is 11.0. The predicted molar refractivity (Wildman–Crippen MR) is 67.0 cm³/mol. The van der Waals surface area contributed by atoms with Crippen LogP contribution in [0.2, 0.25) is 0 Å². The molecule has 0 aliphatic carbocycles. The van der Waals surface area contributed by atoms with E-state index in [1.807, 2.05) is 7.05 Å². The Bertz CT molecular complexity index is 409. The Kier molecular flexibility index (Phi) is 3.78. The van der Waals surface area contributed by atoms with Crippen molar-refractivity contribution in [1.82, 2.24) is 25.5 Å². The number of nitrogens with one attached hydrogen (secondary N) is 1. The minimum Gasteiger partial charge on any atom is -0.354 e. The first kappa shape index (κ1) is 12.8. The normalized spacial score (nSPS) is 18.7. The van der Waals surface area contributed by atoms with Gasteiger partial charge in [0.1, 0.15) is 0 Å². The third kappa shape index (κ3) is 2.77. The molecule has 0 spiro atoms. The van der Waals surface area contributed by atoms with Gasteiger partial charge in [0.25, 0.3) is 0 Å². The zero-order chi connectivity index (χ0) is 13.1. The van der Waals surface area contributed by atoms with E-state index in [0.29, 0.717) is 5.92 Å². The zero-order valence-electron chi connectivity index (χ0n) is 11.1. The monoisotopic (exact) mass is 252 g/mol. The highest BCUT2D eigenvalue weighted by molar-refractivity contribution is 5.73. The molecule has 100 valence electrons. The Morgan fingerprint density at radius 1 is 1.44 bits per heavy atom. The third-order valence-corrected chi connectivity index (χ3v) is 3.56. The number of hydrogen-bond acceptors (Lipinski definition) is 5. The predicted octanol–water partition coefficient (Wildman–Crippen LogP) is -0.0489. The van der Waals surface area contributed by atoms with Crippen molar-refractivity contribution in [3.05, 3.63) is 0 Å². The van der Waals surface area contributed by atoms with Crippen molar-refractivity contribution in [1.29, 1.82) is 0 Å². The summed E-state index contributed by atoms with van der Waals surface area (Å²) in [4.78, 5) is 13.2. The van der Waals surface area contributed by atoms with E-state index in [1.165, 1.54) is 0 Å². The molecule has 0 bridgehead atoms. The molecule has 1 fully saturated rings. The van der Waals surface area contributed by atoms with Gasteiger partial charge in [0.05, 0.1) is 0 Å². The van der Waals surface area contributed by atoms with Crippen molar-refractivity contribution in [3.8, 4) is 0 Å². The van der Waals surface area contributed by atoms with Gasteiger partial charge in [-0.1, -0.05) is 5.10 Å². The van der Waals surface area contributed by atoms with Crippen LogP contribution in [0.25, 0.3) is 0 Å². The Labute approximate surface area is 107 Å². The molecule has 1 saturated heterocycles. The summed E-state index contributed by atoms with van der Waals surface area (Å²) >= 11 is 0. The lowest BCUT2D eigenvalue weighted by Gasteiger charge is -2.34. The molecule has 2 heterocycles. The van der Waals surface area contributed by atoms with Crippen LogP contribution in [0.3, 0.4) is 0 Å². The van der Waals surface area contributed by atoms with Crippen molar-refractivity contribution in [2.75, 3.05) is 18.0 Å². The summed E-state index contributed by atoms with van der Waals surface area (Å²) in [5.41, 5.74) is 0. The zero-order valence-corrected chi connectivity index (χ0v) is 11.1. The number of amides is 1. The summed E-state index contributed by atoms with van der Waals surface area (Å²) in [6.45, 7) is 5.51. The van der Waals surface area contributed by atoms with Gasteiger partial charge in [0.2, 0.25) is 11.9 Å². The molecule has 1 aromatic heterocycles. The van der Waals surface area contributed by atoms with Gasteiger partial charge < -0.3 is 10.2 Å². The molecule has 2 rings (SSSR count). The Balaban J connectivity index is 1.88. The van der Waals surface area contributed by atoms with Crippen molar-refractivity contribution in [3.63, 3.8) is 0 Å². The maximum Gasteiger partial charge on any atom is 0.245 e. The minimum absolute atomic E-state index is 0.0439. The van der Waals surface area contributed by atoms with E-state index < -0.39 is 0 Å². The molecule has 1 atom stereocenters. The molecule has 7 heteroatoms. The van der Waals surface area contributed by atoms with E-state index in [0.717, 1.165) is 31.9 Å². The van der Waals surface area contributed by atoms with Crippen LogP contribution in [-0.2, 0) is 11.8 Å². The number of piperidine rings is 1. The number of aryl methyl sites for hydroxylation is 1. The van der Waals surface area contributed by atoms with Gasteiger partial charge in [0, 0.05) is 33.1 Å². The summed E-state index contributed by atoms with van der Waals surface area (Å²) in [5.74, 6) is 1.40. The van der Waals surface area contributed by atoms with Gasteiger partial charge in [-0.25, -0.2) is 4.68 Å². The molecule has 0 radical (unpaired) electrons. The van der Waals surface area contributed by atoms with Crippen molar-refractivity contribution in [2.45, 2.75) is 32.7 Å². The van der Waals surface area contributed by atoms with Crippen LogP contribution in [0.5, 0.6) is 0 Å². The van der Waals surface area contributed by atoms with E-state index in [-0.39, 0.29) is 11.9 Å². The second-order valence-corrected chi connectivity index (χ2v) is 4.92. The van der Waals surface area contributed by atoms with E-state index in [4.69, 9.17) is 0 Å². The summed E-state index contributed by atoms with van der Waals surface area (Å²) in [7, 11) is 1.85. The number of anilines is 1. The fourth-order valence-electron chi connectivity index (χ4n) is 2.53. The van der Waals surface area contributed by atoms with Crippen LogP contribution in [0.4, 0.5) is 5.95 Å². The number of hydrogen-bond donors (Lipinski definition) is 1. The highest BCUT2D eigenvalue weighted by Gasteiger charge is 2.26. The lowest BCUT2D eigenvalue weighted by atomic mass is 9.90. The molecule has 7 nitrogen and oxygen atoms in total. The third-order valence-electron chi connectivity index (χ3n) is 3.56. The molecular weight excluding hydrogens is 232 g/mol. The minimum atomic E-state index is 0.0439. The Morgan fingerprint density at radius 3 is 2.61 bits per heavy atom. The van der Waals surface area contributed by atoms with Crippen LogP contribution in [-0.4, -0.2) is 45.2 Å². The van der Waals surface area contributed by atoms with E-state index in [2.05, 4.69) is 32.7 Å². The largest absolute Gasteiger partial charge is 0.354 e. The molecular formula is C11H20N6O. The highest BCUT2D eigenvalue weighted by Crippen LogP contribution is 2.23. The second kappa shape index (κ2) is 5.32. The fourth-order valence-corrected chi connectivity index (χ4v) is 2.53. The molecule has 0 aromatic carbocycles. The molecule has 1 unspecified atom stereocenters. The quantitative estimate of drug-likeness (QED) is 0.816. The average molecular weight is 252 g/mol. The van der Waals surface area contributed by atoms with E-state index >= 15 is 0 Å². The average Bonchev–Trinajstić information content (AvgIpc) is 2.75. The summed E-state index contributed by atoms with van der Waals surface area (Å²) < 4.78 is 1.69. The summed E-state index contributed by atoms with van der Waals surface area (Å²) in [6.07, 6.45) is 2.10. The number of carbonyl (C=O) groups excluding carboxylic acids is 1. The smallest absolute Gasteiger partial charge is 0.245 e. The van der Waals surface area contributed by atoms with E-state index in [1.54, 1.807) is 11.6 Å². The SMILES string of the molecule is CC(=O)NC(C)C1CCN(c2nnnn2C)CC1. The van der Waals surface area contributed by atoms with Gasteiger partial charge in [-0.3, -0.25) is 4.79 Å². The van der Waals surface area contributed by atoms with Crippen LogP contribution >= 0.6 is 0 Å². The van der Waals surface area contributed by atoms with E-state index in [9.17, 15) is 4.79 Å². The number of aromatic nitrogens is 4. The maximum atomic E-state index is 11.0. The Morgan fingerprint density at radius 2 is 2.11 bits per heavy atom. The number of nitrogens with zero attached hydrogens (tertiary/aromatic N) is 5. The molecule has 1 aliphatic heterocycles. The van der Waals surface area contributed by atoms with Gasteiger partial charge >= 0.3 is 0 Å². The first-order valence-electron chi connectivity index (χ1n) is 6.32. The molecule has 1 N–H and O–H groups in total. The summed E-state index contributed by atoms with van der Waals surface area (Å²) in [5, 5.41) is 14.5. The molecule has 18 heavy (non-hydrogen) atoms. The lowest BCUT2D eigenvalue weighted by molar-refractivity contribution is -0.119. The first-order chi connectivity index (χ1) is 8.58. The van der Waals surface area contributed by atoms with Crippen molar-refractivity contribution in [2.24, 2.45) is 13.0 Å².